The second-order valence-electron chi connectivity index (χ2n) is 8.40. The number of fused-ring (bicyclic) bond motifs is 1. The summed E-state index contributed by atoms with van der Waals surface area (Å²) in [6.45, 7) is 8.49. The smallest absolute Gasteiger partial charge is 0.324 e. The quantitative estimate of drug-likeness (QED) is 0.251. The zero-order chi connectivity index (χ0) is 25.6. The summed E-state index contributed by atoms with van der Waals surface area (Å²) in [5.41, 5.74) is 4.91. The number of amides is 2. The monoisotopic (exact) mass is 496 g/mol. The molecule has 188 valence electrons. The van der Waals surface area contributed by atoms with Crippen LogP contribution in [-0.4, -0.2) is 58.6 Å². The minimum absolute atomic E-state index is 0.379. The summed E-state index contributed by atoms with van der Waals surface area (Å²) >= 11 is 0. The molecule has 3 N–H and O–H groups in total. The molecule has 5 rings (SSSR count). The van der Waals surface area contributed by atoms with Gasteiger partial charge in [-0.15, -0.1) is 0 Å². The van der Waals surface area contributed by atoms with E-state index in [2.05, 4.69) is 47.9 Å². The maximum Gasteiger partial charge on any atom is 0.324 e. The van der Waals surface area contributed by atoms with Crippen molar-refractivity contribution in [1.29, 1.82) is 0 Å². The Morgan fingerprint density at radius 1 is 1.16 bits per heavy atom. The number of imidazole rings is 1. The molecular weight excluding hydrogens is 468 g/mol. The van der Waals surface area contributed by atoms with E-state index < -0.39 is 0 Å². The molecule has 2 amide bonds. The van der Waals surface area contributed by atoms with Gasteiger partial charge in [0.25, 0.3) is 0 Å². The van der Waals surface area contributed by atoms with Crippen LogP contribution in [0.5, 0.6) is 0 Å². The van der Waals surface area contributed by atoms with Crippen molar-refractivity contribution in [2.24, 2.45) is 4.99 Å². The minimum atomic E-state index is -0.379. The number of aliphatic imine (C=N–C) groups is 1. The second kappa shape index (κ2) is 10.9. The van der Waals surface area contributed by atoms with E-state index in [-0.39, 0.29) is 6.03 Å². The Morgan fingerprint density at radius 2 is 1.97 bits per heavy atom. The van der Waals surface area contributed by atoms with Crippen molar-refractivity contribution in [2.45, 2.75) is 6.92 Å². The molecule has 0 saturated carbocycles. The minimum Gasteiger partial charge on any atom is -0.378 e. The fraction of sp³-hybridized carbons (Fsp3) is 0.185. The highest BCUT2D eigenvalue weighted by atomic mass is 16.5. The predicted octanol–water partition coefficient (Wildman–Crippen LogP) is 4.82. The third-order valence-corrected chi connectivity index (χ3v) is 6.04. The standard InChI is InChI=1S/C27H28N8O2/c1-3-19(11-12-28-2)22-17-24(33-32-22)31-27(36)29-21-9-7-20(8-10-21)23-18-35-25(30-23)5-4-6-26(35)34-13-15-37-16-14-34/h3-12,17-18H,2,13-16H2,1H3,(H3,29,31,32,33,36)/b12-11-,19-3+. The van der Waals surface area contributed by atoms with Gasteiger partial charge >= 0.3 is 6.03 Å². The number of allylic oxidation sites excluding steroid dienone is 3. The van der Waals surface area contributed by atoms with E-state index in [9.17, 15) is 4.79 Å². The Bertz CT molecular complexity index is 1460. The van der Waals surface area contributed by atoms with Gasteiger partial charge < -0.3 is 15.0 Å². The maximum absolute atomic E-state index is 12.5. The Hall–Kier alpha value is -4.70. The molecule has 10 nitrogen and oxygen atoms in total. The number of rotatable bonds is 7. The fourth-order valence-electron chi connectivity index (χ4n) is 4.19. The second-order valence-corrected chi connectivity index (χ2v) is 8.40. The molecule has 3 aromatic heterocycles. The molecular formula is C27H28N8O2. The van der Waals surface area contributed by atoms with Crippen LogP contribution in [0.2, 0.25) is 0 Å². The number of carbonyl (C=O) groups excluding carboxylic acids is 1. The molecule has 10 heteroatoms. The number of ether oxygens (including phenoxy) is 1. The highest BCUT2D eigenvalue weighted by Gasteiger charge is 2.15. The molecule has 4 heterocycles. The van der Waals surface area contributed by atoms with Gasteiger partial charge in [-0.1, -0.05) is 24.3 Å². The normalized spacial score (nSPS) is 14.3. The van der Waals surface area contributed by atoms with Crippen LogP contribution in [0.4, 0.5) is 22.1 Å². The summed E-state index contributed by atoms with van der Waals surface area (Å²) in [5, 5.41) is 12.7. The van der Waals surface area contributed by atoms with Crippen LogP contribution in [0.3, 0.4) is 0 Å². The summed E-state index contributed by atoms with van der Waals surface area (Å²) in [6.07, 6.45) is 7.32. The summed E-state index contributed by atoms with van der Waals surface area (Å²) < 4.78 is 7.60. The van der Waals surface area contributed by atoms with E-state index in [0.717, 1.165) is 54.6 Å². The van der Waals surface area contributed by atoms with Gasteiger partial charge in [0.1, 0.15) is 17.3 Å². The van der Waals surface area contributed by atoms with Crippen LogP contribution in [0.25, 0.3) is 22.5 Å². The van der Waals surface area contributed by atoms with Gasteiger partial charge in [0.05, 0.1) is 24.6 Å². The zero-order valence-electron chi connectivity index (χ0n) is 20.5. The number of anilines is 3. The molecule has 0 spiro atoms. The first kappa shape index (κ1) is 24.0. The van der Waals surface area contributed by atoms with Crippen molar-refractivity contribution >= 4 is 41.3 Å². The van der Waals surface area contributed by atoms with Crippen molar-refractivity contribution in [3.05, 3.63) is 78.8 Å². The van der Waals surface area contributed by atoms with Gasteiger partial charge in [-0.3, -0.25) is 19.8 Å². The summed E-state index contributed by atoms with van der Waals surface area (Å²) in [5.74, 6) is 1.58. The van der Waals surface area contributed by atoms with Crippen LogP contribution in [0.15, 0.2) is 78.1 Å². The summed E-state index contributed by atoms with van der Waals surface area (Å²) in [7, 11) is 0. The summed E-state index contributed by atoms with van der Waals surface area (Å²) in [6, 6.07) is 15.1. The number of nitrogens with one attached hydrogen (secondary N) is 3. The van der Waals surface area contributed by atoms with Crippen LogP contribution < -0.4 is 15.5 Å². The lowest BCUT2D eigenvalue weighted by molar-refractivity contribution is 0.122. The number of aromatic nitrogens is 4. The number of carbonyl (C=O) groups is 1. The molecule has 1 aliphatic rings. The first-order valence-electron chi connectivity index (χ1n) is 12.0. The van der Waals surface area contributed by atoms with Crippen LogP contribution in [-0.2, 0) is 4.74 Å². The molecule has 0 radical (unpaired) electrons. The highest BCUT2D eigenvalue weighted by Crippen LogP contribution is 2.25. The highest BCUT2D eigenvalue weighted by molar-refractivity contribution is 5.99. The van der Waals surface area contributed by atoms with Crippen molar-refractivity contribution in [2.75, 3.05) is 41.8 Å². The van der Waals surface area contributed by atoms with E-state index in [1.807, 2.05) is 55.6 Å². The van der Waals surface area contributed by atoms with Crippen LogP contribution in [0.1, 0.15) is 12.6 Å². The van der Waals surface area contributed by atoms with E-state index in [1.165, 1.54) is 0 Å². The number of aromatic amines is 1. The first-order chi connectivity index (χ1) is 18.1. The number of hydrogen-bond acceptors (Lipinski definition) is 6. The molecule has 1 aromatic carbocycles. The number of pyridine rings is 1. The topological polar surface area (TPSA) is 112 Å². The van der Waals surface area contributed by atoms with Crippen LogP contribution >= 0.6 is 0 Å². The Morgan fingerprint density at radius 3 is 2.73 bits per heavy atom. The lowest BCUT2D eigenvalue weighted by atomic mass is 10.1. The fourth-order valence-corrected chi connectivity index (χ4v) is 4.19. The van der Waals surface area contributed by atoms with Gasteiger partial charge in [-0.2, -0.15) is 5.10 Å². The first-order valence-corrected chi connectivity index (χ1v) is 12.0. The third-order valence-electron chi connectivity index (χ3n) is 6.04. The van der Waals surface area contributed by atoms with E-state index in [4.69, 9.17) is 9.72 Å². The number of H-pyrrole nitrogens is 1. The van der Waals surface area contributed by atoms with Crippen molar-refractivity contribution < 1.29 is 9.53 Å². The molecule has 0 atom stereocenters. The number of morpholine rings is 1. The van der Waals surface area contributed by atoms with E-state index in [0.29, 0.717) is 17.2 Å². The molecule has 1 saturated heterocycles. The molecule has 1 fully saturated rings. The third kappa shape index (κ3) is 5.44. The molecule has 37 heavy (non-hydrogen) atoms. The number of benzene rings is 1. The maximum atomic E-state index is 12.5. The lowest BCUT2D eigenvalue weighted by Crippen LogP contribution is -2.37. The van der Waals surface area contributed by atoms with Gasteiger partial charge in [0.2, 0.25) is 0 Å². The van der Waals surface area contributed by atoms with Crippen molar-refractivity contribution in [1.82, 2.24) is 19.6 Å². The average molecular weight is 497 g/mol. The molecule has 1 aliphatic heterocycles. The van der Waals surface area contributed by atoms with E-state index in [1.54, 1.807) is 18.3 Å². The van der Waals surface area contributed by atoms with Gasteiger partial charge in [-0.05, 0) is 49.6 Å². The average Bonchev–Trinajstić information content (AvgIpc) is 3.57. The van der Waals surface area contributed by atoms with Crippen molar-refractivity contribution in [3.8, 4) is 11.3 Å². The summed E-state index contributed by atoms with van der Waals surface area (Å²) in [4.78, 5) is 23.3. The number of hydrogen-bond donors (Lipinski definition) is 3. The van der Waals surface area contributed by atoms with Gasteiger partial charge in [-0.25, -0.2) is 9.78 Å². The largest absolute Gasteiger partial charge is 0.378 e. The molecule has 0 unspecified atom stereocenters. The SMILES string of the molecule is C=N/C=C\C(=C/C)c1cc(NC(=O)Nc2ccc(-c3cn4c(N5CCOCC5)cccc4n3)cc2)[nH]n1. The van der Waals surface area contributed by atoms with Gasteiger partial charge in [0, 0.05) is 42.8 Å². The molecule has 0 aliphatic carbocycles. The lowest BCUT2D eigenvalue weighted by Gasteiger charge is -2.29. The molecule has 0 bridgehead atoms. The number of urea groups is 1. The Labute approximate surface area is 214 Å². The van der Waals surface area contributed by atoms with E-state index >= 15 is 0 Å². The Balaban J connectivity index is 1.25. The molecule has 4 aromatic rings. The van der Waals surface area contributed by atoms with Gasteiger partial charge in [0.15, 0.2) is 0 Å². The number of nitrogens with zero attached hydrogens (tertiary/aromatic N) is 5. The zero-order valence-corrected chi connectivity index (χ0v) is 20.5. The van der Waals surface area contributed by atoms with Crippen molar-refractivity contribution in [3.63, 3.8) is 0 Å². The predicted molar refractivity (Wildman–Crippen MR) is 147 cm³/mol. The Kier molecular flexibility index (Phi) is 7.09. The van der Waals surface area contributed by atoms with Crippen LogP contribution in [0, 0.1) is 0 Å².